The van der Waals surface area contributed by atoms with Gasteiger partial charge < -0.3 is 10.4 Å². The Hall–Kier alpha value is -0.110. The van der Waals surface area contributed by atoms with Crippen LogP contribution in [0.5, 0.6) is 5.75 Å². The summed E-state index contributed by atoms with van der Waals surface area (Å²) in [7, 11) is 0. The van der Waals surface area contributed by atoms with Gasteiger partial charge in [-0.05, 0) is 12.1 Å². The van der Waals surface area contributed by atoms with Crippen LogP contribution in [0.4, 0.5) is 13.2 Å². The van der Waals surface area contributed by atoms with E-state index < -0.39 is 18.0 Å². The molecule has 0 aliphatic carbocycles. The van der Waals surface area contributed by atoms with Crippen LogP contribution in [0.15, 0.2) is 12.1 Å². The van der Waals surface area contributed by atoms with Gasteiger partial charge in [-0.3, -0.25) is 4.90 Å². The predicted octanol–water partition coefficient (Wildman–Crippen LogP) is 4.05. The molecule has 1 aliphatic heterocycles. The maximum absolute atomic E-state index is 13.4. The summed E-state index contributed by atoms with van der Waals surface area (Å²) in [6, 6.07) is 0.345. The Morgan fingerprint density at radius 2 is 1.68 bits per heavy atom. The number of halogens is 7. The Morgan fingerprint density at radius 3 is 2.14 bits per heavy atom. The van der Waals surface area contributed by atoms with Gasteiger partial charge in [0.2, 0.25) is 0 Å². The molecule has 0 amide bonds. The summed E-state index contributed by atoms with van der Waals surface area (Å²) in [5.74, 6) is -0.539. The van der Waals surface area contributed by atoms with Crippen molar-refractivity contribution in [1.29, 1.82) is 0 Å². The first-order chi connectivity index (χ1) is 9.30. The number of hydrogen-bond donors (Lipinski definition) is 2. The number of rotatable bonds is 2. The maximum atomic E-state index is 13.4. The molecule has 3 nitrogen and oxygen atoms in total. The second kappa shape index (κ2) is 8.66. The van der Waals surface area contributed by atoms with E-state index in [-0.39, 0.29) is 53.5 Å². The van der Waals surface area contributed by atoms with Gasteiger partial charge in [0.15, 0.2) is 0 Å². The third kappa shape index (κ3) is 4.94. The summed E-state index contributed by atoms with van der Waals surface area (Å²) in [5, 5.41) is 12.7. The van der Waals surface area contributed by atoms with Crippen molar-refractivity contribution in [3.05, 3.63) is 27.7 Å². The first kappa shape index (κ1) is 21.9. The SMILES string of the molecule is Cl.Cl.Oc1cc(Cl)cc(Cl)c1[C@@H](N1CCNCC1)C(F)(F)F. The first-order valence-corrected chi connectivity index (χ1v) is 6.75. The molecule has 0 aromatic heterocycles. The maximum Gasteiger partial charge on any atom is 0.408 e. The van der Waals surface area contributed by atoms with Crippen molar-refractivity contribution in [3.63, 3.8) is 0 Å². The van der Waals surface area contributed by atoms with Crippen molar-refractivity contribution in [2.75, 3.05) is 26.2 Å². The molecular formula is C12H15Cl4F3N2O. The second-order valence-electron chi connectivity index (χ2n) is 4.55. The van der Waals surface area contributed by atoms with Crippen LogP contribution in [-0.4, -0.2) is 42.4 Å². The van der Waals surface area contributed by atoms with E-state index in [0.717, 1.165) is 6.07 Å². The monoisotopic (exact) mass is 400 g/mol. The van der Waals surface area contributed by atoms with Crippen LogP contribution >= 0.6 is 48.0 Å². The molecule has 0 spiro atoms. The highest BCUT2D eigenvalue weighted by Gasteiger charge is 2.47. The van der Waals surface area contributed by atoms with Crippen molar-refractivity contribution in [3.8, 4) is 5.75 Å². The lowest BCUT2D eigenvalue weighted by Gasteiger charge is -2.36. The number of phenols is 1. The van der Waals surface area contributed by atoms with E-state index >= 15 is 0 Å². The Balaban J connectivity index is 0.00000220. The molecule has 0 radical (unpaired) electrons. The quantitative estimate of drug-likeness (QED) is 0.784. The third-order valence-corrected chi connectivity index (χ3v) is 3.70. The topological polar surface area (TPSA) is 35.5 Å². The van der Waals surface area contributed by atoms with Gasteiger partial charge in [-0.2, -0.15) is 13.2 Å². The summed E-state index contributed by atoms with van der Waals surface area (Å²) in [5.41, 5.74) is -0.342. The molecule has 128 valence electrons. The fraction of sp³-hybridized carbons (Fsp3) is 0.500. The number of alkyl halides is 3. The van der Waals surface area contributed by atoms with E-state index in [1.165, 1.54) is 11.0 Å². The zero-order valence-electron chi connectivity index (χ0n) is 11.2. The first-order valence-electron chi connectivity index (χ1n) is 6.00. The van der Waals surface area contributed by atoms with Gasteiger partial charge in [0, 0.05) is 36.8 Å². The predicted molar refractivity (Wildman–Crippen MR) is 85.9 cm³/mol. The largest absolute Gasteiger partial charge is 0.507 e. The number of hydrogen-bond acceptors (Lipinski definition) is 3. The van der Waals surface area contributed by atoms with Crippen molar-refractivity contribution >= 4 is 48.0 Å². The molecule has 1 saturated heterocycles. The summed E-state index contributed by atoms with van der Waals surface area (Å²) >= 11 is 11.5. The van der Waals surface area contributed by atoms with E-state index in [0.29, 0.717) is 13.1 Å². The molecule has 1 atom stereocenters. The lowest BCUT2D eigenvalue weighted by molar-refractivity contribution is -0.188. The molecular weight excluding hydrogens is 387 g/mol. The van der Waals surface area contributed by atoms with Gasteiger partial charge >= 0.3 is 6.18 Å². The van der Waals surface area contributed by atoms with Gasteiger partial charge in [0.25, 0.3) is 0 Å². The van der Waals surface area contributed by atoms with Crippen LogP contribution in [0.25, 0.3) is 0 Å². The van der Waals surface area contributed by atoms with Gasteiger partial charge in [-0.15, -0.1) is 24.8 Å². The average Bonchev–Trinajstić information content (AvgIpc) is 2.33. The number of nitrogens with zero attached hydrogens (tertiary/aromatic N) is 1. The second-order valence-corrected chi connectivity index (χ2v) is 5.39. The molecule has 1 aliphatic rings. The highest BCUT2D eigenvalue weighted by Crippen LogP contribution is 2.45. The summed E-state index contributed by atoms with van der Waals surface area (Å²) in [4.78, 5) is 1.26. The molecule has 1 heterocycles. The van der Waals surface area contributed by atoms with E-state index in [1.54, 1.807) is 0 Å². The number of benzene rings is 1. The molecule has 22 heavy (non-hydrogen) atoms. The van der Waals surface area contributed by atoms with Gasteiger partial charge in [0.1, 0.15) is 11.8 Å². The molecule has 2 rings (SSSR count). The Labute approximate surface area is 148 Å². The zero-order valence-corrected chi connectivity index (χ0v) is 14.3. The standard InChI is InChI=1S/C12H13Cl2F3N2O.2ClH/c13-7-5-8(14)10(9(20)6-7)11(12(15,16)17)19-3-1-18-2-4-19;;/h5-6,11,18,20H,1-4H2;2*1H/t11-;;/m1../s1. The minimum atomic E-state index is -4.54. The van der Waals surface area contributed by atoms with Crippen LogP contribution in [-0.2, 0) is 0 Å². The molecule has 0 saturated carbocycles. The molecule has 2 N–H and O–H groups in total. The van der Waals surface area contributed by atoms with Gasteiger partial charge in [0.05, 0.1) is 5.02 Å². The van der Waals surface area contributed by atoms with Crippen LogP contribution in [0, 0.1) is 0 Å². The smallest absolute Gasteiger partial charge is 0.408 e. The van der Waals surface area contributed by atoms with Crippen LogP contribution in [0.2, 0.25) is 10.0 Å². The van der Waals surface area contributed by atoms with Crippen molar-refractivity contribution in [2.24, 2.45) is 0 Å². The normalized spacial score (nSPS) is 17.3. The molecule has 1 aromatic carbocycles. The fourth-order valence-electron chi connectivity index (χ4n) is 2.34. The van der Waals surface area contributed by atoms with Crippen LogP contribution in [0.1, 0.15) is 11.6 Å². The Morgan fingerprint density at radius 1 is 1.14 bits per heavy atom. The molecule has 1 fully saturated rings. The minimum absolute atomic E-state index is 0. The van der Waals surface area contributed by atoms with E-state index in [2.05, 4.69) is 5.32 Å². The number of piperazine rings is 1. The molecule has 0 unspecified atom stereocenters. The summed E-state index contributed by atoms with van der Waals surface area (Å²) in [6.07, 6.45) is -4.54. The minimum Gasteiger partial charge on any atom is -0.507 e. The van der Waals surface area contributed by atoms with E-state index in [4.69, 9.17) is 23.2 Å². The van der Waals surface area contributed by atoms with Crippen molar-refractivity contribution < 1.29 is 18.3 Å². The number of aromatic hydroxyl groups is 1. The number of nitrogens with one attached hydrogen (secondary N) is 1. The van der Waals surface area contributed by atoms with Gasteiger partial charge in [-0.25, -0.2) is 0 Å². The zero-order chi connectivity index (χ0) is 14.9. The summed E-state index contributed by atoms with van der Waals surface area (Å²) < 4.78 is 40.2. The Bertz CT molecular complexity index is 473. The lowest BCUT2D eigenvalue weighted by Crippen LogP contribution is -2.49. The van der Waals surface area contributed by atoms with E-state index in [9.17, 15) is 18.3 Å². The molecule has 10 heteroatoms. The van der Waals surface area contributed by atoms with Crippen LogP contribution < -0.4 is 5.32 Å². The van der Waals surface area contributed by atoms with Crippen LogP contribution in [0.3, 0.4) is 0 Å². The number of phenolic OH excluding ortho intramolecular Hbond substituents is 1. The lowest BCUT2D eigenvalue weighted by atomic mass is 10.0. The van der Waals surface area contributed by atoms with Crippen molar-refractivity contribution in [1.82, 2.24) is 10.2 Å². The summed E-state index contributed by atoms with van der Waals surface area (Å²) in [6.45, 7) is 1.36. The molecule has 0 bridgehead atoms. The fourth-order valence-corrected chi connectivity index (χ4v) is 2.92. The van der Waals surface area contributed by atoms with Gasteiger partial charge in [-0.1, -0.05) is 23.2 Å². The third-order valence-electron chi connectivity index (χ3n) is 3.17. The average molecular weight is 402 g/mol. The molecule has 1 aromatic rings. The van der Waals surface area contributed by atoms with E-state index in [1.807, 2.05) is 0 Å². The highest BCUT2D eigenvalue weighted by atomic mass is 35.5. The van der Waals surface area contributed by atoms with Crippen molar-refractivity contribution in [2.45, 2.75) is 12.2 Å². The Kier molecular flexibility index (Phi) is 8.62. The highest BCUT2D eigenvalue weighted by molar-refractivity contribution is 6.35.